The molecule has 3 aromatic rings. The van der Waals surface area contributed by atoms with Gasteiger partial charge in [-0.1, -0.05) is 17.8 Å². The minimum absolute atomic E-state index is 0.245. The molecule has 2 heterocycles. The highest BCUT2D eigenvalue weighted by molar-refractivity contribution is 8.00. The number of carbonyl (C=O) groups is 1. The Kier molecular flexibility index (Phi) is 5.42. The molecule has 1 saturated heterocycles. The van der Waals surface area contributed by atoms with Crippen LogP contribution in [0, 0.1) is 0 Å². The van der Waals surface area contributed by atoms with Crippen LogP contribution in [0.3, 0.4) is 0 Å². The van der Waals surface area contributed by atoms with Crippen molar-refractivity contribution in [1.82, 2.24) is 14.8 Å². The van der Waals surface area contributed by atoms with Crippen LogP contribution in [0.15, 0.2) is 53.7 Å². The second-order valence-corrected chi connectivity index (χ2v) is 7.65. The van der Waals surface area contributed by atoms with Crippen molar-refractivity contribution in [2.24, 2.45) is 0 Å². The number of methoxy groups -OCH3 is 1. The summed E-state index contributed by atoms with van der Waals surface area (Å²) in [6.07, 6.45) is -4.00. The van der Waals surface area contributed by atoms with Gasteiger partial charge in [0.2, 0.25) is 0 Å². The molecule has 0 aliphatic carbocycles. The molecule has 0 unspecified atom stereocenters. The lowest BCUT2D eigenvalue weighted by Crippen LogP contribution is -2.12. The van der Waals surface area contributed by atoms with Crippen molar-refractivity contribution < 1.29 is 27.4 Å². The number of rotatable bonds is 5. The van der Waals surface area contributed by atoms with Crippen LogP contribution in [0.25, 0.3) is 17.1 Å². The zero-order valence-corrected chi connectivity index (χ0v) is 16.5. The van der Waals surface area contributed by atoms with Gasteiger partial charge in [0.15, 0.2) is 11.0 Å². The predicted molar refractivity (Wildman–Crippen MR) is 104 cm³/mol. The summed E-state index contributed by atoms with van der Waals surface area (Å²) in [5.41, 5.74) is 0.0988. The SMILES string of the molecule is COc1ccc(-c2nnc(S[C@H]3CCOC3=O)n2-c2cccc(C(F)(F)F)c2)cc1. The average molecular weight is 435 g/mol. The number of hydrogen-bond acceptors (Lipinski definition) is 6. The molecule has 156 valence electrons. The molecule has 1 aliphatic rings. The van der Waals surface area contributed by atoms with E-state index in [4.69, 9.17) is 9.47 Å². The van der Waals surface area contributed by atoms with Gasteiger partial charge in [-0.15, -0.1) is 10.2 Å². The maximum Gasteiger partial charge on any atom is 0.416 e. The van der Waals surface area contributed by atoms with Gasteiger partial charge in [0.1, 0.15) is 11.0 Å². The Morgan fingerprint density at radius 1 is 1.17 bits per heavy atom. The molecule has 1 fully saturated rings. The van der Waals surface area contributed by atoms with Gasteiger partial charge in [-0.05, 0) is 42.5 Å². The first kappa shape index (κ1) is 20.3. The van der Waals surface area contributed by atoms with Crippen LogP contribution in [0.1, 0.15) is 12.0 Å². The van der Waals surface area contributed by atoms with Crippen LogP contribution in [0.5, 0.6) is 5.75 Å². The van der Waals surface area contributed by atoms with Gasteiger partial charge in [-0.2, -0.15) is 13.2 Å². The van der Waals surface area contributed by atoms with Crippen molar-refractivity contribution in [1.29, 1.82) is 0 Å². The van der Waals surface area contributed by atoms with E-state index >= 15 is 0 Å². The smallest absolute Gasteiger partial charge is 0.416 e. The summed E-state index contributed by atoms with van der Waals surface area (Å²) in [6.45, 7) is 0.305. The highest BCUT2D eigenvalue weighted by Gasteiger charge is 2.33. The maximum atomic E-state index is 13.3. The van der Waals surface area contributed by atoms with E-state index in [1.807, 2.05) is 0 Å². The first-order chi connectivity index (χ1) is 14.4. The molecule has 0 bridgehead atoms. The van der Waals surface area contributed by atoms with Crippen molar-refractivity contribution in [3.63, 3.8) is 0 Å². The molecule has 0 radical (unpaired) electrons. The Bertz CT molecular complexity index is 1070. The number of carbonyl (C=O) groups excluding carboxylic acids is 1. The lowest BCUT2D eigenvalue weighted by molar-refractivity contribution is -0.138. The summed E-state index contributed by atoms with van der Waals surface area (Å²) in [5, 5.41) is 8.18. The Balaban J connectivity index is 1.82. The fourth-order valence-corrected chi connectivity index (χ4v) is 4.06. The molecule has 1 atom stereocenters. The number of thioether (sulfide) groups is 1. The second-order valence-electron chi connectivity index (χ2n) is 6.48. The molecular weight excluding hydrogens is 419 g/mol. The summed E-state index contributed by atoms with van der Waals surface area (Å²) in [5.74, 6) is 0.614. The third-order valence-electron chi connectivity index (χ3n) is 4.55. The topological polar surface area (TPSA) is 66.2 Å². The predicted octanol–water partition coefficient (Wildman–Crippen LogP) is 4.37. The summed E-state index contributed by atoms with van der Waals surface area (Å²) < 4.78 is 51.5. The minimum Gasteiger partial charge on any atom is -0.497 e. The highest BCUT2D eigenvalue weighted by Crippen LogP contribution is 2.36. The van der Waals surface area contributed by atoms with Crippen molar-refractivity contribution >= 4 is 17.7 Å². The number of nitrogens with zero attached hydrogens (tertiary/aromatic N) is 3. The van der Waals surface area contributed by atoms with E-state index in [1.165, 1.54) is 17.7 Å². The van der Waals surface area contributed by atoms with Gasteiger partial charge in [-0.3, -0.25) is 9.36 Å². The standard InChI is InChI=1S/C20H16F3N3O3S/c1-28-15-7-5-12(6-8-15)17-24-25-19(30-16-9-10-29-18(16)27)26(17)14-4-2-3-13(11-14)20(21,22)23/h2-8,11,16H,9-10H2,1H3/t16-/m0/s1. The third-order valence-corrected chi connectivity index (χ3v) is 5.74. The van der Waals surface area contributed by atoms with Crippen molar-refractivity contribution in [3.05, 3.63) is 54.1 Å². The van der Waals surface area contributed by atoms with E-state index in [0.717, 1.165) is 23.9 Å². The summed E-state index contributed by atoms with van der Waals surface area (Å²) >= 11 is 1.13. The van der Waals surface area contributed by atoms with E-state index in [1.54, 1.807) is 30.3 Å². The minimum atomic E-state index is -4.49. The Morgan fingerprint density at radius 3 is 2.57 bits per heavy atom. The van der Waals surface area contributed by atoms with Crippen LogP contribution in [-0.2, 0) is 15.7 Å². The van der Waals surface area contributed by atoms with Gasteiger partial charge in [0.25, 0.3) is 0 Å². The van der Waals surface area contributed by atoms with E-state index in [9.17, 15) is 18.0 Å². The fraction of sp³-hybridized carbons (Fsp3) is 0.250. The number of ether oxygens (including phenoxy) is 2. The molecule has 4 rings (SSSR count). The van der Waals surface area contributed by atoms with Gasteiger partial charge < -0.3 is 9.47 Å². The van der Waals surface area contributed by atoms with Gasteiger partial charge in [0.05, 0.1) is 25.0 Å². The average Bonchev–Trinajstić information content (AvgIpc) is 3.34. The number of aromatic nitrogens is 3. The molecule has 1 aliphatic heterocycles. The quantitative estimate of drug-likeness (QED) is 0.555. The van der Waals surface area contributed by atoms with E-state index in [2.05, 4.69) is 10.2 Å². The van der Waals surface area contributed by atoms with Crippen molar-refractivity contribution in [2.75, 3.05) is 13.7 Å². The number of halogens is 3. The highest BCUT2D eigenvalue weighted by atomic mass is 32.2. The summed E-state index contributed by atoms with van der Waals surface area (Å²) in [6, 6.07) is 11.8. The fourth-order valence-electron chi connectivity index (χ4n) is 3.04. The van der Waals surface area contributed by atoms with E-state index in [0.29, 0.717) is 35.3 Å². The normalized spacial score (nSPS) is 16.5. The first-order valence-electron chi connectivity index (χ1n) is 8.97. The monoisotopic (exact) mass is 435 g/mol. The second kappa shape index (κ2) is 8.02. The molecule has 0 N–H and O–H groups in total. The van der Waals surface area contributed by atoms with Crippen molar-refractivity contribution in [3.8, 4) is 22.8 Å². The molecule has 0 amide bonds. The number of esters is 1. The Hall–Kier alpha value is -3.01. The Morgan fingerprint density at radius 2 is 1.93 bits per heavy atom. The number of hydrogen-bond donors (Lipinski definition) is 0. The van der Waals surface area contributed by atoms with Crippen LogP contribution in [-0.4, -0.2) is 39.7 Å². The van der Waals surface area contributed by atoms with Crippen LogP contribution >= 0.6 is 11.8 Å². The van der Waals surface area contributed by atoms with Gasteiger partial charge in [-0.25, -0.2) is 0 Å². The molecule has 30 heavy (non-hydrogen) atoms. The van der Waals surface area contributed by atoms with E-state index < -0.39 is 17.0 Å². The third kappa shape index (κ3) is 4.00. The maximum absolute atomic E-state index is 13.3. The zero-order valence-electron chi connectivity index (χ0n) is 15.7. The summed E-state index contributed by atoms with van der Waals surface area (Å²) in [7, 11) is 1.54. The molecular formula is C20H16F3N3O3S. The number of alkyl halides is 3. The number of benzene rings is 2. The lowest BCUT2D eigenvalue weighted by Gasteiger charge is -2.14. The molecule has 6 nitrogen and oxygen atoms in total. The van der Waals surface area contributed by atoms with Gasteiger partial charge in [0, 0.05) is 12.0 Å². The largest absolute Gasteiger partial charge is 0.497 e. The molecule has 0 saturated carbocycles. The Labute approximate surface area is 174 Å². The van der Waals surface area contributed by atoms with E-state index in [-0.39, 0.29) is 11.7 Å². The van der Waals surface area contributed by atoms with Crippen LogP contribution in [0.4, 0.5) is 13.2 Å². The molecule has 1 aromatic heterocycles. The lowest BCUT2D eigenvalue weighted by atomic mass is 10.1. The van der Waals surface area contributed by atoms with Crippen molar-refractivity contribution in [2.45, 2.75) is 23.0 Å². The summed E-state index contributed by atoms with van der Waals surface area (Å²) in [4.78, 5) is 11.9. The number of cyclic esters (lactones) is 1. The molecule has 10 heteroatoms. The van der Waals surface area contributed by atoms with Crippen LogP contribution < -0.4 is 4.74 Å². The molecule has 2 aromatic carbocycles. The first-order valence-corrected chi connectivity index (χ1v) is 9.85. The van der Waals surface area contributed by atoms with Crippen LogP contribution in [0.2, 0.25) is 0 Å². The van der Waals surface area contributed by atoms with Gasteiger partial charge >= 0.3 is 12.1 Å². The zero-order chi connectivity index (χ0) is 21.3. The molecule has 0 spiro atoms.